The van der Waals surface area contributed by atoms with E-state index in [0.717, 1.165) is 5.56 Å². The Hall–Kier alpha value is -1.84. The third kappa shape index (κ3) is 5.21. The first kappa shape index (κ1) is 9.98. The lowest BCUT2D eigenvalue weighted by Crippen LogP contribution is -2.38. The predicted molar refractivity (Wildman–Crippen MR) is 85.3 cm³/mol. The summed E-state index contributed by atoms with van der Waals surface area (Å²) in [7, 11) is 0. The Balaban J connectivity index is 2.12. The highest BCUT2D eigenvalue weighted by Crippen LogP contribution is 2.12. The highest BCUT2D eigenvalue weighted by molar-refractivity contribution is 5.21. The summed E-state index contributed by atoms with van der Waals surface area (Å²) in [5, 5.41) is 9.33. The lowest BCUT2D eigenvalue weighted by molar-refractivity contribution is 0.114. The largest absolute Gasteiger partial charge is 0.492 e. The third-order valence-electron chi connectivity index (χ3n) is 3.18. The topological polar surface area (TPSA) is 32.7 Å². The SMILES string of the molecule is [2H]c1c([2H])c([2H])c(OCC(C)N(CCO)Cc2ccccc2)c([2H])c1[2H]. The van der Waals surface area contributed by atoms with Crippen molar-refractivity contribution in [2.75, 3.05) is 19.8 Å². The number of benzene rings is 2. The van der Waals surface area contributed by atoms with Crippen LogP contribution in [0.4, 0.5) is 0 Å². The van der Waals surface area contributed by atoms with Crippen molar-refractivity contribution in [3.05, 3.63) is 66.1 Å². The van der Waals surface area contributed by atoms with Crippen LogP contribution in [0.2, 0.25) is 0 Å². The second kappa shape index (κ2) is 8.45. The molecule has 2 aromatic carbocycles. The van der Waals surface area contributed by atoms with E-state index in [1.54, 1.807) is 0 Å². The number of aliphatic hydroxyl groups is 1. The van der Waals surface area contributed by atoms with Crippen LogP contribution in [0.25, 0.3) is 0 Å². The molecule has 0 heterocycles. The highest BCUT2D eigenvalue weighted by Gasteiger charge is 2.14. The Morgan fingerprint density at radius 2 is 1.90 bits per heavy atom. The molecule has 0 aliphatic carbocycles. The van der Waals surface area contributed by atoms with Crippen molar-refractivity contribution < 1.29 is 16.7 Å². The van der Waals surface area contributed by atoms with Gasteiger partial charge in [0.2, 0.25) is 0 Å². The van der Waals surface area contributed by atoms with E-state index >= 15 is 0 Å². The molecule has 0 saturated heterocycles. The molecule has 2 rings (SSSR count). The van der Waals surface area contributed by atoms with Gasteiger partial charge in [0.25, 0.3) is 0 Å². The van der Waals surface area contributed by atoms with Gasteiger partial charge in [0.05, 0.1) is 13.5 Å². The Labute approximate surface area is 133 Å². The van der Waals surface area contributed by atoms with Crippen molar-refractivity contribution in [1.29, 1.82) is 0 Å². The van der Waals surface area contributed by atoms with Crippen molar-refractivity contribution in [3.8, 4) is 5.75 Å². The fourth-order valence-corrected chi connectivity index (χ4v) is 2.02. The maximum absolute atomic E-state index is 9.33. The monoisotopic (exact) mass is 290 g/mol. The summed E-state index contributed by atoms with van der Waals surface area (Å²) >= 11 is 0. The van der Waals surface area contributed by atoms with Gasteiger partial charge >= 0.3 is 0 Å². The zero-order valence-electron chi connectivity index (χ0n) is 17.1. The quantitative estimate of drug-likeness (QED) is 0.811. The summed E-state index contributed by atoms with van der Waals surface area (Å²) in [6.07, 6.45) is 0. The minimum Gasteiger partial charge on any atom is -0.492 e. The van der Waals surface area contributed by atoms with E-state index in [9.17, 15) is 5.11 Å². The lowest BCUT2D eigenvalue weighted by atomic mass is 10.2. The molecule has 1 atom stereocenters. The van der Waals surface area contributed by atoms with E-state index in [0.29, 0.717) is 13.1 Å². The Bertz CT molecular complexity index is 713. The van der Waals surface area contributed by atoms with Gasteiger partial charge in [0.15, 0.2) is 0 Å². The van der Waals surface area contributed by atoms with Gasteiger partial charge in [-0.1, -0.05) is 48.5 Å². The van der Waals surface area contributed by atoms with Gasteiger partial charge < -0.3 is 9.84 Å². The van der Waals surface area contributed by atoms with Crippen molar-refractivity contribution in [2.45, 2.75) is 19.5 Å². The van der Waals surface area contributed by atoms with Crippen LogP contribution in [0.5, 0.6) is 5.75 Å². The first-order valence-corrected chi connectivity index (χ1v) is 6.95. The molecule has 1 unspecified atom stereocenters. The van der Waals surface area contributed by atoms with Crippen LogP contribution < -0.4 is 4.74 Å². The van der Waals surface area contributed by atoms with E-state index in [-0.39, 0.29) is 37.1 Å². The molecule has 0 bridgehead atoms. The second-order valence-corrected chi connectivity index (χ2v) is 4.79. The van der Waals surface area contributed by atoms with Crippen molar-refractivity contribution in [2.24, 2.45) is 0 Å². The maximum atomic E-state index is 9.33. The van der Waals surface area contributed by atoms with Crippen molar-refractivity contribution in [3.63, 3.8) is 0 Å². The van der Waals surface area contributed by atoms with Crippen LogP contribution in [0.1, 0.15) is 19.3 Å². The van der Waals surface area contributed by atoms with E-state index in [2.05, 4.69) is 0 Å². The summed E-state index contributed by atoms with van der Waals surface area (Å²) in [6, 6.07) is 7.73. The number of para-hydroxylation sites is 1. The summed E-state index contributed by atoms with van der Waals surface area (Å²) in [5.41, 5.74) is 1.09. The molecule has 2 aromatic rings. The number of ether oxygens (including phenoxy) is 1. The smallest absolute Gasteiger partial charge is 0.119 e. The number of hydrogen-bond donors (Lipinski definition) is 1. The van der Waals surface area contributed by atoms with Gasteiger partial charge in [-0.15, -0.1) is 0 Å². The summed E-state index contributed by atoms with van der Waals surface area (Å²) < 4.78 is 44.4. The molecule has 0 fully saturated rings. The molecule has 0 amide bonds. The molecule has 0 aliphatic rings. The normalized spacial score (nSPS) is 15.7. The minimum absolute atomic E-state index is 0.00810. The van der Waals surface area contributed by atoms with Gasteiger partial charge in [-0.3, -0.25) is 4.90 Å². The molecule has 0 spiro atoms. The van der Waals surface area contributed by atoms with Gasteiger partial charge in [0, 0.05) is 19.1 Å². The van der Waals surface area contributed by atoms with Gasteiger partial charge in [0.1, 0.15) is 12.4 Å². The molecule has 3 nitrogen and oxygen atoms in total. The lowest BCUT2D eigenvalue weighted by Gasteiger charge is -2.28. The number of hydrogen-bond acceptors (Lipinski definition) is 3. The zero-order valence-corrected chi connectivity index (χ0v) is 12.1. The summed E-state index contributed by atoms with van der Waals surface area (Å²) in [5.74, 6) is -0.147. The number of aliphatic hydroxyl groups excluding tert-OH is 1. The predicted octanol–water partition coefficient (Wildman–Crippen LogP) is 2.95. The Morgan fingerprint density at radius 1 is 1.19 bits per heavy atom. The van der Waals surface area contributed by atoms with E-state index in [4.69, 9.17) is 11.6 Å². The molecule has 0 aliphatic heterocycles. The standard InChI is InChI=1S/C18H23NO2/c1-16(15-21-18-10-6-3-7-11-18)19(12-13-20)14-17-8-4-2-5-9-17/h2-11,16,20H,12-15H2,1H3/i3D,6D,7D,10D,11D. The third-order valence-corrected chi connectivity index (χ3v) is 3.18. The molecule has 0 radical (unpaired) electrons. The molecular weight excluding hydrogens is 262 g/mol. The first-order chi connectivity index (χ1) is 12.4. The maximum Gasteiger partial charge on any atom is 0.119 e. The van der Waals surface area contributed by atoms with Crippen LogP contribution in [-0.4, -0.2) is 35.8 Å². The van der Waals surface area contributed by atoms with Crippen molar-refractivity contribution >= 4 is 0 Å². The van der Waals surface area contributed by atoms with Crippen LogP contribution in [0.15, 0.2) is 60.5 Å². The van der Waals surface area contributed by atoms with Gasteiger partial charge in [-0.2, -0.15) is 0 Å². The van der Waals surface area contributed by atoms with Crippen LogP contribution >= 0.6 is 0 Å². The molecule has 112 valence electrons. The zero-order chi connectivity index (χ0) is 19.3. The molecule has 3 heteroatoms. The highest BCUT2D eigenvalue weighted by atomic mass is 16.5. The average Bonchev–Trinajstić information content (AvgIpc) is 2.65. The molecule has 1 N–H and O–H groups in total. The van der Waals surface area contributed by atoms with E-state index in [1.165, 1.54) is 0 Å². The Morgan fingerprint density at radius 3 is 2.57 bits per heavy atom. The second-order valence-electron chi connectivity index (χ2n) is 4.79. The fraction of sp³-hybridized carbons (Fsp3) is 0.333. The van der Waals surface area contributed by atoms with Crippen LogP contribution in [0.3, 0.4) is 0 Å². The van der Waals surface area contributed by atoms with Crippen LogP contribution in [-0.2, 0) is 6.54 Å². The number of rotatable bonds is 8. The van der Waals surface area contributed by atoms with E-state index < -0.39 is 18.1 Å². The first-order valence-electron chi connectivity index (χ1n) is 9.45. The van der Waals surface area contributed by atoms with E-state index in [1.807, 2.05) is 42.2 Å². The molecule has 0 saturated carbocycles. The molecule has 21 heavy (non-hydrogen) atoms. The summed E-state index contributed by atoms with van der Waals surface area (Å²) in [6.45, 7) is 3.10. The Kier molecular flexibility index (Phi) is 4.02. The molecule has 0 aromatic heterocycles. The summed E-state index contributed by atoms with van der Waals surface area (Å²) in [4.78, 5) is 2.02. The van der Waals surface area contributed by atoms with Crippen LogP contribution in [0, 0.1) is 0 Å². The van der Waals surface area contributed by atoms with Gasteiger partial charge in [-0.05, 0) is 24.6 Å². The molecular formula is C18H23NO2. The minimum atomic E-state index is -0.439. The fourth-order valence-electron chi connectivity index (χ4n) is 2.02. The van der Waals surface area contributed by atoms with Gasteiger partial charge in [-0.25, -0.2) is 0 Å². The number of nitrogens with zero attached hydrogens (tertiary/aromatic N) is 1. The average molecular weight is 290 g/mol. The van der Waals surface area contributed by atoms with Crippen molar-refractivity contribution in [1.82, 2.24) is 4.90 Å².